The molecule has 2 atom stereocenters. The molecule has 0 aromatic rings. The summed E-state index contributed by atoms with van der Waals surface area (Å²) in [5, 5.41) is 0. The highest BCUT2D eigenvalue weighted by Gasteiger charge is 2.43. The Kier molecular flexibility index (Phi) is 2.27. The molecule has 0 aromatic heterocycles. The van der Waals surface area contributed by atoms with E-state index in [1.807, 2.05) is 0 Å². The monoisotopic (exact) mass is 196 g/mol. The Morgan fingerprint density at radius 1 is 1.57 bits per heavy atom. The van der Waals surface area contributed by atoms with Crippen molar-refractivity contribution >= 4 is 11.9 Å². The lowest BCUT2D eigenvalue weighted by molar-refractivity contribution is -0.140. The van der Waals surface area contributed by atoms with Crippen LogP contribution in [0.15, 0.2) is 11.6 Å². The SMILES string of the molecule is COC(=O)/C=C1\C(=O)O[C@@H]2CCC[C@H]12. The van der Waals surface area contributed by atoms with E-state index in [0.29, 0.717) is 5.57 Å². The van der Waals surface area contributed by atoms with Crippen molar-refractivity contribution in [2.45, 2.75) is 25.4 Å². The summed E-state index contributed by atoms with van der Waals surface area (Å²) in [6.45, 7) is 0. The molecule has 76 valence electrons. The second-order valence-corrected chi connectivity index (χ2v) is 3.60. The average molecular weight is 196 g/mol. The maximum absolute atomic E-state index is 11.3. The molecule has 1 aliphatic heterocycles. The summed E-state index contributed by atoms with van der Waals surface area (Å²) in [6, 6.07) is 0. The van der Waals surface area contributed by atoms with E-state index in [-0.39, 0.29) is 18.0 Å². The van der Waals surface area contributed by atoms with Crippen molar-refractivity contribution in [1.82, 2.24) is 0 Å². The number of hydrogen-bond acceptors (Lipinski definition) is 4. The van der Waals surface area contributed by atoms with Crippen LogP contribution in [-0.4, -0.2) is 25.2 Å². The number of esters is 2. The summed E-state index contributed by atoms with van der Waals surface area (Å²) in [7, 11) is 1.30. The molecule has 0 radical (unpaired) electrons. The van der Waals surface area contributed by atoms with Gasteiger partial charge in [-0.05, 0) is 19.3 Å². The van der Waals surface area contributed by atoms with Gasteiger partial charge in [-0.3, -0.25) is 0 Å². The van der Waals surface area contributed by atoms with Gasteiger partial charge in [-0.15, -0.1) is 0 Å². The molecule has 1 saturated carbocycles. The normalized spacial score (nSPS) is 32.9. The molecule has 1 aliphatic carbocycles. The van der Waals surface area contributed by atoms with Gasteiger partial charge in [0, 0.05) is 12.0 Å². The summed E-state index contributed by atoms with van der Waals surface area (Å²) in [5.74, 6) is -0.726. The molecule has 2 aliphatic rings. The van der Waals surface area contributed by atoms with Crippen molar-refractivity contribution in [1.29, 1.82) is 0 Å². The van der Waals surface area contributed by atoms with Crippen molar-refractivity contribution < 1.29 is 19.1 Å². The van der Waals surface area contributed by atoms with E-state index < -0.39 is 5.97 Å². The molecule has 0 amide bonds. The Morgan fingerprint density at radius 3 is 3.07 bits per heavy atom. The highest BCUT2D eigenvalue weighted by atomic mass is 16.6. The molecule has 0 unspecified atom stereocenters. The molecule has 0 N–H and O–H groups in total. The highest BCUT2D eigenvalue weighted by Crippen LogP contribution is 2.39. The summed E-state index contributed by atoms with van der Waals surface area (Å²) in [5.41, 5.74) is 0.486. The molecule has 1 heterocycles. The lowest BCUT2D eigenvalue weighted by Crippen LogP contribution is -2.08. The van der Waals surface area contributed by atoms with Crippen LogP contribution in [0, 0.1) is 5.92 Å². The van der Waals surface area contributed by atoms with Gasteiger partial charge in [0.25, 0.3) is 0 Å². The zero-order chi connectivity index (χ0) is 10.1. The van der Waals surface area contributed by atoms with Crippen LogP contribution in [0.5, 0.6) is 0 Å². The van der Waals surface area contributed by atoms with Crippen LogP contribution >= 0.6 is 0 Å². The quantitative estimate of drug-likeness (QED) is 0.460. The van der Waals surface area contributed by atoms with Crippen LogP contribution in [0.4, 0.5) is 0 Å². The maximum Gasteiger partial charge on any atom is 0.334 e. The Morgan fingerprint density at radius 2 is 2.36 bits per heavy atom. The van der Waals surface area contributed by atoms with Gasteiger partial charge in [-0.2, -0.15) is 0 Å². The number of hydrogen-bond donors (Lipinski definition) is 0. The Hall–Kier alpha value is -1.32. The van der Waals surface area contributed by atoms with E-state index in [1.54, 1.807) is 0 Å². The molecule has 2 rings (SSSR count). The fourth-order valence-electron chi connectivity index (χ4n) is 2.13. The smallest absolute Gasteiger partial charge is 0.334 e. The van der Waals surface area contributed by atoms with Crippen molar-refractivity contribution in [2.75, 3.05) is 7.11 Å². The van der Waals surface area contributed by atoms with Gasteiger partial charge in [-0.25, -0.2) is 9.59 Å². The number of fused-ring (bicyclic) bond motifs is 1. The third kappa shape index (κ3) is 1.41. The summed E-state index contributed by atoms with van der Waals surface area (Å²) < 4.78 is 9.61. The van der Waals surface area contributed by atoms with Gasteiger partial charge in [0.2, 0.25) is 0 Å². The van der Waals surface area contributed by atoms with E-state index in [0.717, 1.165) is 19.3 Å². The van der Waals surface area contributed by atoms with Gasteiger partial charge >= 0.3 is 11.9 Å². The van der Waals surface area contributed by atoms with Crippen molar-refractivity contribution in [2.24, 2.45) is 5.92 Å². The highest BCUT2D eigenvalue weighted by molar-refractivity contribution is 5.98. The molecule has 0 spiro atoms. The Bertz CT molecular complexity index is 305. The van der Waals surface area contributed by atoms with Gasteiger partial charge in [0.1, 0.15) is 6.10 Å². The first-order valence-electron chi connectivity index (χ1n) is 4.73. The molecule has 2 fully saturated rings. The molecule has 0 aromatic carbocycles. The van der Waals surface area contributed by atoms with E-state index in [1.165, 1.54) is 13.2 Å². The lowest BCUT2D eigenvalue weighted by Gasteiger charge is -2.04. The Labute approximate surface area is 81.9 Å². The van der Waals surface area contributed by atoms with Gasteiger partial charge in [-0.1, -0.05) is 0 Å². The first kappa shape index (κ1) is 9.24. The minimum atomic E-state index is -0.482. The van der Waals surface area contributed by atoms with Crippen molar-refractivity contribution in [3.8, 4) is 0 Å². The molecule has 4 nitrogen and oxygen atoms in total. The molecule has 14 heavy (non-hydrogen) atoms. The number of carbonyl (C=O) groups excluding carboxylic acids is 2. The third-order valence-corrected chi connectivity index (χ3v) is 2.82. The van der Waals surface area contributed by atoms with Crippen LogP contribution in [0.1, 0.15) is 19.3 Å². The van der Waals surface area contributed by atoms with Crippen LogP contribution in [-0.2, 0) is 19.1 Å². The zero-order valence-corrected chi connectivity index (χ0v) is 7.99. The molecule has 0 bridgehead atoms. The van der Waals surface area contributed by atoms with E-state index in [4.69, 9.17) is 4.74 Å². The summed E-state index contributed by atoms with van der Waals surface area (Å²) in [6.07, 6.45) is 4.16. The van der Waals surface area contributed by atoms with Crippen LogP contribution < -0.4 is 0 Å². The third-order valence-electron chi connectivity index (χ3n) is 2.82. The maximum atomic E-state index is 11.3. The molecular formula is C10H12O4. The van der Waals surface area contributed by atoms with Gasteiger partial charge < -0.3 is 9.47 Å². The number of methoxy groups -OCH3 is 1. The fraction of sp³-hybridized carbons (Fsp3) is 0.600. The first-order chi connectivity index (χ1) is 6.72. The van der Waals surface area contributed by atoms with Crippen molar-refractivity contribution in [3.05, 3.63) is 11.6 Å². The largest absolute Gasteiger partial charge is 0.466 e. The van der Waals surface area contributed by atoms with Gasteiger partial charge in [0.15, 0.2) is 0 Å². The first-order valence-corrected chi connectivity index (χ1v) is 4.73. The van der Waals surface area contributed by atoms with E-state index in [2.05, 4.69) is 4.74 Å². The molecule has 4 heteroatoms. The number of ether oxygens (including phenoxy) is 2. The molecule has 1 saturated heterocycles. The fourth-order valence-corrected chi connectivity index (χ4v) is 2.13. The zero-order valence-electron chi connectivity index (χ0n) is 7.99. The summed E-state index contributed by atoms with van der Waals surface area (Å²) >= 11 is 0. The topological polar surface area (TPSA) is 52.6 Å². The average Bonchev–Trinajstić information content (AvgIpc) is 2.70. The predicted molar refractivity (Wildman–Crippen MR) is 47.3 cm³/mol. The predicted octanol–water partition coefficient (Wildman–Crippen LogP) is 0.811. The van der Waals surface area contributed by atoms with E-state index in [9.17, 15) is 9.59 Å². The lowest BCUT2D eigenvalue weighted by atomic mass is 9.98. The van der Waals surface area contributed by atoms with Crippen molar-refractivity contribution in [3.63, 3.8) is 0 Å². The Balaban J connectivity index is 2.21. The second kappa shape index (κ2) is 3.44. The van der Waals surface area contributed by atoms with Crippen LogP contribution in [0.3, 0.4) is 0 Å². The minimum Gasteiger partial charge on any atom is -0.466 e. The standard InChI is InChI=1S/C10H12O4/c1-13-9(11)5-7-6-3-2-4-8(6)14-10(7)12/h5-6,8H,2-4H2,1H3/b7-5-/t6-,8-/m1/s1. The van der Waals surface area contributed by atoms with E-state index >= 15 is 0 Å². The van der Waals surface area contributed by atoms with Crippen LogP contribution in [0.25, 0.3) is 0 Å². The summed E-state index contributed by atoms with van der Waals surface area (Å²) in [4.78, 5) is 22.3. The number of carbonyl (C=O) groups is 2. The van der Waals surface area contributed by atoms with Crippen LogP contribution in [0.2, 0.25) is 0 Å². The molecular weight excluding hydrogens is 184 g/mol. The van der Waals surface area contributed by atoms with Gasteiger partial charge in [0.05, 0.1) is 12.7 Å². The second-order valence-electron chi connectivity index (χ2n) is 3.60. The minimum absolute atomic E-state index is 0.00148. The number of rotatable bonds is 1.